The number of fused-ring (bicyclic) bond motifs is 1. The van der Waals surface area contributed by atoms with E-state index in [4.69, 9.17) is 9.31 Å². The number of aromatic nitrogens is 2. The maximum absolute atomic E-state index is 12.3. The van der Waals surface area contributed by atoms with Crippen LogP contribution in [0.1, 0.15) is 27.7 Å². The van der Waals surface area contributed by atoms with Crippen LogP contribution >= 0.6 is 0 Å². The van der Waals surface area contributed by atoms with Crippen LogP contribution in [0, 0.1) is 0 Å². The smallest absolute Gasteiger partial charge is 0.399 e. The van der Waals surface area contributed by atoms with Crippen molar-refractivity contribution in [1.29, 1.82) is 0 Å². The molecule has 0 bridgehead atoms. The second kappa shape index (κ2) is 8.32. The van der Waals surface area contributed by atoms with Crippen molar-refractivity contribution in [2.75, 3.05) is 11.9 Å². The highest BCUT2D eigenvalue weighted by molar-refractivity contribution is 6.62. The van der Waals surface area contributed by atoms with E-state index in [9.17, 15) is 18.3 Å². The number of imidazole rings is 1. The van der Waals surface area contributed by atoms with Gasteiger partial charge >= 0.3 is 13.3 Å². The standard InChI is InChI=1S/C22H26BF3N4O3/c1-20(2)21(3,4)33-23(32-20)15-8-9-30-17(12-27-18(30)11-15)14-6-5-7-16(10-14)29-19(31)28-13-22(24,25)26/h5-12,19,28-29,31H,13H2,1-4H3. The molecule has 176 valence electrons. The second-order valence-corrected chi connectivity index (χ2v) is 9.04. The summed E-state index contributed by atoms with van der Waals surface area (Å²) < 4.78 is 51.1. The lowest BCUT2D eigenvalue weighted by molar-refractivity contribution is -0.130. The summed E-state index contributed by atoms with van der Waals surface area (Å²) in [5.74, 6) is 0. The molecule has 33 heavy (non-hydrogen) atoms. The maximum atomic E-state index is 12.3. The summed E-state index contributed by atoms with van der Waals surface area (Å²) in [4.78, 5) is 4.49. The Balaban J connectivity index is 1.53. The predicted molar refractivity (Wildman–Crippen MR) is 120 cm³/mol. The van der Waals surface area contributed by atoms with E-state index in [2.05, 4.69) is 10.3 Å². The monoisotopic (exact) mass is 462 g/mol. The van der Waals surface area contributed by atoms with Crippen molar-refractivity contribution in [3.8, 4) is 11.3 Å². The van der Waals surface area contributed by atoms with Gasteiger partial charge in [-0.1, -0.05) is 12.1 Å². The predicted octanol–water partition coefficient (Wildman–Crippen LogP) is 3.14. The van der Waals surface area contributed by atoms with E-state index in [0.29, 0.717) is 11.3 Å². The first-order valence-corrected chi connectivity index (χ1v) is 10.5. The van der Waals surface area contributed by atoms with Gasteiger partial charge < -0.3 is 19.7 Å². The lowest BCUT2D eigenvalue weighted by Crippen LogP contribution is -2.41. The summed E-state index contributed by atoms with van der Waals surface area (Å²) in [5.41, 5.74) is 2.67. The molecule has 1 aliphatic rings. The number of anilines is 1. The van der Waals surface area contributed by atoms with Crippen LogP contribution in [0.4, 0.5) is 18.9 Å². The van der Waals surface area contributed by atoms with Crippen LogP contribution in [0.15, 0.2) is 48.8 Å². The number of aliphatic hydroxyl groups is 1. The van der Waals surface area contributed by atoms with Gasteiger partial charge in [0.05, 0.1) is 29.6 Å². The topological polar surface area (TPSA) is 80.1 Å². The number of nitrogens with zero attached hydrogens (tertiary/aromatic N) is 2. The van der Waals surface area contributed by atoms with Gasteiger partial charge in [-0.25, -0.2) is 4.98 Å². The van der Waals surface area contributed by atoms with Crippen LogP contribution in [0.5, 0.6) is 0 Å². The molecule has 3 heterocycles. The third-order valence-corrected chi connectivity index (χ3v) is 6.02. The Morgan fingerprint density at radius 3 is 2.48 bits per heavy atom. The normalized spacial score (nSPS) is 18.6. The van der Waals surface area contributed by atoms with Crippen molar-refractivity contribution in [3.05, 3.63) is 48.8 Å². The molecule has 1 saturated heterocycles. The fourth-order valence-electron chi connectivity index (χ4n) is 3.53. The minimum atomic E-state index is -4.42. The highest BCUT2D eigenvalue weighted by Crippen LogP contribution is 2.36. The zero-order chi connectivity index (χ0) is 24.0. The molecule has 0 radical (unpaired) electrons. The Hall–Kier alpha value is -2.60. The first-order valence-electron chi connectivity index (χ1n) is 10.5. The molecule has 4 rings (SSSR count). The zero-order valence-electron chi connectivity index (χ0n) is 18.8. The molecule has 7 nitrogen and oxygen atoms in total. The van der Waals surface area contributed by atoms with Gasteiger partial charge in [0.1, 0.15) is 5.65 Å². The van der Waals surface area contributed by atoms with Gasteiger partial charge in [0.15, 0.2) is 6.35 Å². The van der Waals surface area contributed by atoms with E-state index < -0.39 is 37.4 Å². The van der Waals surface area contributed by atoms with Crippen molar-refractivity contribution < 1.29 is 27.6 Å². The van der Waals surface area contributed by atoms with Gasteiger partial charge in [-0.3, -0.25) is 9.72 Å². The molecule has 11 heteroatoms. The Kier molecular flexibility index (Phi) is 5.94. The van der Waals surface area contributed by atoms with Crippen molar-refractivity contribution in [1.82, 2.24) is 14.7 Å². The number of nitrogens with one attached hydrogen (secondary N) is 2. The number of alkyl halides is 3. The van der Waals surface area contributed by atoms with Gasteiger partial charge in [-0.05, 0) is 57.4 Å². The van der Waals surface area contributed by atoms with E-state index in [-0.39, 0.29) is 0 Å². The second-order valence-electron chi connectivity index (χ2n) is 9.04. The zero-order valence-corrected chi connectivity index (χ0v) is 18.8. The lowest BCUT2D eigenvalue weighted by atomic mass is 9.80. The summed E-state index contributed by atoms with van der Waals surface area (Å²) in [6, 6.07) is 10.8. The summed E-state index contributed by atoms with van der Waals surface area (Å²) in [5, 5.41) is 14.4. The average Bonchev–Trinajstić information content (AvgIpc) is 3.23. The van der Waals surface area contributed by atoms with Crippen LogP contribution < -0.4 is 16.1 Å². The third-order valence-electron chi connectivity index (χ3n) is 6.02. The Labute approximate surface area is 190 Å². The van der Waals surface area contributed by atoms with E-state index >= 15 is 0 Å². The molecule has 0 saturated carbocycles. The van der Waals surface area contributed by atoms with Gasteiger partial charge in [0.2, 0.25) is 0 Å². The minimum absolute atomic E-state index is 0.447. The average molecular weight is 462 g/mol. The van der Waals surface area contributed by atoms with Gasteiger partial charge in [-0.2, -0.15) is 13.2 Å². The fourth-order valence-corrected chi connectivity index (χ4v) is 3.53. The molecule has 1 atom stereocenters. The molecule has 0 spiro atoms. The molecule has 0 aliphatic carbocycles. The Morgan fingerprint density at radius 2 is 1.82 bits per heavy atom. The quantitative estimate of drug-likeness (QED) is 0.386. The molecule has 1 aromatic carbocycles. The first kappa shape index (κ1) is 23.6. The molecule has 3 aromatic rings. The number of halogens is 3. The summed E-state index contributed by atoms with van der Waals surface area (Å²) >= 11 is 0. The van der Waals surface area contributed by atoms with Crippen molar-refractivity contribution in [2.45, 2.75) is 51.4 Å². The molecule has 0 amide bonds. The van der Waals surface area contributed by atoms with Crippen LogP contribution in [0.2, 0.25) is 0 Å². The van der Waals surface area contributed by atoms with Gasteiger partial charge in [0, 0.05) is 17.4 Å². The van der Waals surface area contributed by atoms with Gasteiger partial charge in [0.25, 0.3) is 0 Å². The van der Waals surface area contributed by atoms with E-state index in [1.54, 1.807) is 24.4 Å². The Bertz CT molecular complexity index is 1130. The molecular formula is C22H26BF3N4O3. The minimum Gasteiger partial charge on any atom is -0.399 e. The molecule has 2 aromatic heterocycles. The molecular weight excluding hydrogens is 436 g/mol. The van der Waals surface area contributed by atoms with Crippen LogP contribution in [-0.2, 0) is 9.31 Å². The fraction of sp³-hybridized carbons (Fsp3) is 0.409. The lowest BCUT2D eigenvalue weighted by Gasteiger charge is -2.32. The Morgan fingerprint density at radius 1 is 1.12 bits per heavy atom. The largest absolute Gasteiger partial charge is 0.495 e. The number of aliphatic hydroxyl groups excluding tert-OH is 1. The first-order chi connectivity index (χ1) is 15.3. The van der Waals surface area contributed by atoms with Gasteiger partial charge in [-0.15, -0.1) is 0 Å². The number of benzene rings is 1. The number of hydrogen-bond acceptors (Lipinski definition) is 6. The van der Waals surface area contributed by atoms with E-state index in [1.807, 2.05) is 61.8 Å². The van der Waals surface area contributed by atoms with E-state index in [1.165, 1.54) is 0 Å². The third kappa shape index (κ3) is 5.01. The molecule has 1 unspecified atom stereocenters. The SMILES string of the molecule is CC1(C)OB(c2ccn3c(-c4cccc(NC(O)NCC(F)(F)F)c4)cnc3c2)OC1(C)C. The number of pyridine rings is 1. The summed E-state index contributed by atoms with van der Waals surface area (Å²) in [6.45, 7) is 6.68. The maximum Gasteiger partial charge on any atom is 0.495 e. The van der Waals surface area contributed by atoms with Crippen molar-refractivity contribution >= 4 is 23.9 Å². The number of hydrogen-bond donors (Lipinski definition) is 3. The molecule has 1 aliphatic heterocycles. The van der Waals surface area contributed by atoms with Crippen molar-refractivity contribution in [2.24, 2.45) is 0 Å². The highest BCUT2D eigenvalue weighted by atomic mass is 19.4. The molecule has 1 fully saturated rings. The molecule has 3 N–H and O–H groups in total. The van der Waals surface area contributed by atoms with Crippen LogP contribution in [0.3, 0.4) is 0 Å². The number of rotatable bonds is 6. The summed E-state index contributed by atoms with van der Waals surface area (Å²) in [7, 11) is -0.502. The highest BCUT2D eigenvalue weighted by Gasteiger charge is 2.51. The summed E-state index contributed by atoms with van der Waals surface area (Å²) in [6.07, 6.45) is -2.38. The van der Waals surface area contributed by atoms with Crippen LogP contribution in [-0.4, -0.2) is 51.9 Å². The van der Waals surface area contributed by atoms with Crippen LogP contribution in [0.25, 0.3) is 16.9 Å². The van der Waals surface area contributed by atoms with Crippen molar-refractivity contribution in [3.63, 3.8) is 0 Å². The van der Waals surface area contributed by atoms with E-state index in [0.717, 1.165) is 16.7 Å².